The molecular formula is C26H25F2N9. The van der Waals surface area contributed by atoms with Crippen molar-refractivity contribution in [1.29, 1.82) is 10.5 Å². The second-order valence-electron chi connectivity index (χ2n) is 9.88. The zero-order valence-electron chi connectivity index (χ0n) is 21.1. The summed E-state index contributed by atoms with van der Waals surface area (Å²) in [6, 6.07) is 9.42. The second kappa shape index (κ2) is 9.78. The molecule has 0 aliphatic rings. The molecule has 1 unspecified atom stereocenters. The number of hydrogen-bond acceptors (Lipinski definition) is 8. The molecule has 1 aromatic carbocycles. The number of nitrogens with one attached hydrogen (secondary N) is 2. The van der Waals surface area contributed by atoms with Gasteiger partial charge in [-0.2, -0.15) is 19.3 Å². The van der Waals surface area contributed by atoms with Crippen LogP contribution in [0.1, 0.15) is 54.9 Å². The Balaban J connectivity index is 1.90. The van der Waals surface area contributed by atoms with Crippen molar-refractivity contribution in [3.8, 4) is 12.1 Å². The molecule has 0 aliphatic carbocycles. The first-order valence-corrected chi connectivity index (χ1v) is 11.5. The molecule has 0 fully saturated rings. The highest BCUT2D eigenvalue weighted by atomic mass is 19.1. The van der Waals surface area contributed by atoms with Crippen molar-refractivity contribution in [2.45, 2.75) is 33.7 Å². The lowest BCUT2D eigenvalue weighted by atomic mass is 9.96. The summed E-state index contributed by atoms with van der Waals surface area (Å²) in [4.78, 5) is 8.23. The van der Waals surface area contributed by atoms with Crippen LogP contribution in [-0.2, 0) is 7.05 Å². The van der Waals surface area contributed by atoms with Gasteiger partial charge in [0.2, 0.25) is 11.9 Å². The highest BCUT2D eigenvalue weighted by molar-refractivity contribution is 5.99. The summed E-state index contributed by atoms with van der Waals surface area (Å²) in [5.74, 6) is -1.34. The Labute approximate surface area is 212 Å². The van der Waals surface area contributed by atoms with E-state index < -0.39 is 17.9 Å². The average Bonchev–Trinajstić information content (AvgIpc) is 3.18. The zero-order chi connectivity index (χ0) is 26.9. The third-order valence-electron chi connectivity index (χ3n) is 5.78. The van der Waals surface area contributed by atoms with Crippen LogP contribution in [0.4, 0.5) is 20.2 Å². The van der Waals surface area contributed by atoms with Crippen LogP contribution in [0.3, 0.4) is 0 Å². The molecule has 3 aromatic heterocycles. The van der Waals surface area contributed by atoms with E-state index in [1.54, 1.807) is 19.1 Å². The lowest BCUT2D eigenvalue weighted by Gasteiger charge is -2.23. The van der Waals surface area contributed by atoms with Crippen molar-refractivity contribution in [2.24, 2.45) is 12.5 Å². The van der Waals surface area contributed by atoms with Gasteiger partial charge in [-0.05, 0) is 30.5 Å². The minimum atomic E-state index is -0.899. The van der Waals surface area contributed by atoms with Crippen LogP contribution in [0.5, 0.6) is 0 Å². The number of hydrogen-bond donors (Lipinski definition) is 2. The number of pyridine rings is 2. The zero-order valence-corrected chi connectivity index (χ0v) is 21.1. The van der Waals surface area contributed by atoms with Crippen molar-refractivity contribution < 1.29 is 8.78 Å². The third-order valence-corrected chi connectivity index (χ3v) is 5.78. The molecule has 37 heavy (non-hydrogen) atoms. The number of aryl methyl sites for hydroxylation is 2. The molecule has 0 saturated heterocycles. The maximum atomic E-state index is 15.0. The van der Waals surface area contributed by atoms with Crippen LogP contribution in [0.15, 0.2) is 30.5 Å². The number of fused-ring (bicyclic) bond motifs is 1. The van der Waals surface area contributed by atoms with Gasteiger partial charge in [0.1, 0.15) is 23.9 Å². The molecule has 0 spiro atoms. The summed E-state index contributed by atoms with van der Waals surface area (Å²) in [6.07, 6.45) is 1.44. The predicted octanol–water partition coefficient (Wildman–Crippen LogP) is 4.75. The molecule has 11 heteroatoms. The second-order valence-corrected chi connectivity index (χ2v) is 9.88. The summed E-state index contributed by atoms with van der Waals surface area (Å²) in [5, 5.41) is 34.5. The highest BCUT2D eigenvalue weighted by Gasteiger charge is 2.26. The van der Waals surface area contributed by atoms with E-state index >= 15 is 0 Å². The van der Waals surface area contributed by atoms with Gasteiger partial charge in [-0.15, -0.1) is 5.10 Å². The fourth-order valence-corrected chi connectivity index (χ4v) is 3.94. The number of rotatable bonds is 6. The minimum absolute atomic E-state index is 0.0207. The molecule has 2 N–H and O–H groups in total. The number of anilines is 2. The van der Waals surface area contributed by atoms with Crippen LogP contribution in [0.2, 0.25) is 0 Å². The molecule has 4 rings (SSSR count). The number of nitrogens with zero attached hydrogens (tertiary/aromatic N) is 7. The molecule has 9 nitrogen and oxygen atoms in total. The van der Waals surface area contributed by atoms with Crippen molar-refractivity contribution in [3.63, 3.8) is 0 Å². The normalized spacial score (nSPS) is 12.1. The molecule has 0 saturated carbocycles. The van der Waals surface area contributed by atoms with Gasteiger partial charge >= 0.3 is 0 Å². The van der Waals surface area contributed by atoms with Crippen molar-refractivity contribution in [2.75, 3.05) is 17.2 Å². The Morgan fingerprint density at radius 1 is 1.11 bits per heavy atom. The van der Waals surface area contributed by atoms with Crippen LogP contribution in [0, 0.1) is 46.9 Å². The van der Waals surface area contributed by atoms with Gasteiger partial charge in [0.25, 0.3) is 0 Å². The van der Waals surface area contributed by atoms with E-state index in [-0.39, 0.29) is 16.7 Å². The molecule has 188 valence electrons. The monoisotopic (exact) mass is 501 g/mol. The van der Waals surface area contributed by atoms with Gasteiger partial charge in [-0.25, -0.2) is 9.67 Å². The molecule has 0 amide bonds. The van der Waals surface area contributed by atoms with E-state index in [9.17, 15) is 19.3 Å². The van der Waals surface area contributed by atoms with Crippen molar-refractivity contribution in [3.05, 3.63) is 70.4 Å². The Bertz CT molecular complexity index is 1570. The van der Waals surface area contributed by atoms with Crippen LogP contribution >= 0.6 is 0 Å². The molecule has 0 radical (unpaired) electrons. The number of halogens is 2. The van der Waals surface area contributed by atoms with Gasteiger partial charge in [0.15, 0.2) is 0 Å². The Morgan fingerprint density at radius 3 is 2.43 bits per heavy atom. The lowest BCUT2D eigenvalue weighted by Crippen LogP contribution is -2.20. The first kappa shape index (κ1) is 25.5. The summed E-state index contributed by atoms with van der Waals surface area (Å²) < 4.78 is 29.7. The molecule has 0 aliphatic heterocycles. The topological polar surface area (TPSA) is 128 Å². The fraction of sp³-hybridized carbons (Fsp3) is 0.308. The first-order chi connectivity index (χ1) is 17.5. The minimum Gasteiger partial charge on any atom is -0.383 e. The Kier molecular flexibility index (Phi) is 6.73. The van der Waals surface area contributed by atoms with Crippen molar-refractivity contribution in [1.82, 2.24) is 25.0 Å². The SMILES string of the molecule is Cc1nc(F)ccc1C(Nc1cc(C#N)c2ncc(C#N)c(NCC(C)(C)C)c2c1)c1nnn(C)c1F. The summed E-state index contributed by atoms with van der Waals surface area (Å²) in [7, 11) is 1.42. The Morgan fingerprint density at radius 2 is 1.84 bits per heavy atom. The van der Waals surface area contributed by atoms with E-state index in [0.29, 0.717) is 45.6 Å². The summed E-state index contributed by atoms with van der Waals surface area (Å²) in [5.41, 5.74) is 2.71. The van der Waals surface area contributed by atoms with E-state index in [1.807, 2.05) is 0 Å². The van der Waals surface area contributed by atoms with Gasteiger partial charge in [0, 0.05) is 42.1 Å². The largest absolute Gasteiger partial charge is 0.383 e. The predicted molar refractivity (Wildman–Crippen MR) is 134 cm³/mol. The molecule has 1 atom stereocenters. The standard InChI is InChI=1S/C26H25F2N9/c1-14-18(6-7-20(27)33-14)23(24-25(28)37(5)36-35-24)34-17-8-15(10-29)21-19(9-17)22(16(11-30)12-31-21)32-13-26(2,3)4/h6-9,12,23,34H,13H2,1-5H3,(H,31,32). The molecule has 3 heterocycles. The van der Waals surface area contributed by atoms with Crippen LogP contribution < -0.4 is 10.6 Å². The average molecular weight is 502 g/mol. The lowest BCUT2D eigenvalue weighted by molar-refractivity contribution is 0.443. The van der Waals surface area contributed by atoms with E-state index in [4.69, 9.17) is 0 Å². The quantitative estimate of drug-likeness (QED) is 0.362. The van der Waals surface area contributed by atoms with Gasteiger partial charge in [-0.3, -0.25) is 4.98 Å². The first-order valence-electron chi connectivity index (χ1n) is 11.5. The van der Waals surface area contributed by atoms with E-state index in [0.717, 1.165) is 4.68 Å². The molecule has 4 aromatic rings. The smallest absolute Gasteiger partial charge is 0.237 e. The molecular weight excluding hydrogens is 476 g/mol. The van der Waals surface area contributed by atoms with Gasteiger partial charge < -0.3 is 10.6 Å². The van der Waals surface area contributed by atoms with E-state index in [2.05, 4.69) is 63.8 Å². The van der Waals surface area contributed by atoms with Crippen molar-refractivity contribution >= 4 is 22.3 Å². The Hall–Kier alpha value is -4.64. The van der Waals surface area contributed by atoms with Crippen LogP contribution in [-0.4, -0.2) is 31.5 Å². The van der Waals surface area contributed by atoms with Gasteiger partial charge in [-0.1, -0.05) is 32.1 Å². The van der Waals surface area contributed by atoms with Crippen LogP contribution in [0.25, 0.3) is 10.9 Å². The maximum Gasteiger partial charge on any atom is 0.237 e. The highest BCUT2D eigenvalue weighted by Crippen LogP contribution is 2.35. The molecule has 0 bridgehead atoms. The number of benzene rings is 1. The number of aromatic nitrogens is 5. The van der Waals surface area contributed by atoms with E-state index in [1.165, 1.54) is 25.4 Å². The fourth-order valence-electron chi connectivity index (χ4n) is 3.94. The third kappa shape index (κ3) is 5.16. The number of nitriles is 2. The van der Waals surface area contributed by atoms with Gasteiger partial charge in [0.05, 0.1) is 22.3 Å². The summed E-state index contributed by atoms with van der Waals surface area (Å²) in [6.45, 7) is 8.35. The maximum absolute atomic E-state index is 15.0. The summed E-state index contributed by atoms with van der Waals surface area (Å²) >= 11 is 0.